The SMILES string of the molecule is CC(C)c1nc(C=Cc2ccccc2)c(C(=O)O)n1Cc1cc2c(cc1Cl)OCO2. The van der Waals surface area contributed by atoms with E-state index in [2.05, 4.69) is 4.98 Å². The molecule has 154 valence electrons. The van der Waals surface area contributed by atoms with Gasteiger partial charge in [-0.2, -0.15) is 0 Å². The molecular weight excluding hydrogens is 404 g/mol. The highest BCUT2D eigenvalue weighted by Gasteiger charge is 2.25. The zero-order chi connectivity index (χ0) is 21.3. The van der Waals surface area contributed by atoms with Gasteiger partial charge in [-0.05, 0) is 23.3 Å². The summed E-state index contributed by atoms with van der Waals surface area (Å²) in [6.07, 6.45) is 3.60. The van der Waals surface area contributed by atoms with Gasteiger partial charge in [-0.3, -0.25) is 0 Å². The Labute approximate surface area is 179 Å². The molecular formula is C23H21ClN2O4. The number of nitrogens with zero attached hydrogens (tertiary/aromatic N) is 2. The zero-order valence-electron chi connectivity index (χ0n) is 16.6. The molecule has 6 nitrogen and oxygen atoms in total. The lowest BCUT2D eigenvalue weighted by atomic mass is 10.1. The number of carboxylic acid groups (broad SMARTS) is 1. The van der Waals surface area contributed by atoms with Crippen LogP contribution in [-0.4, -0.2) is 27.4 Å². The summed E-state index contributed by atoms with van der Waals surface area (Å²) in [6, 6.07) is 13.2. The number of hydrogen-bond donors (Lipinski definition) is 1. The summed E-state index contributed by atoms with van der Waals surface area (Å²) in [6.45, 7) is 4.37. The molecule has 0 atom stereocenters. The van der Waals surface area contributed by atoms with E-state index >= 15 is 0 Å². The molecule has 0 saturated heterocycles. The number of fused-ring (bicyclic) bond motifs is 1. The smallest absolute Gasteiger partial charge is 0.354 e. The number of ether oxygens (including phenoxy) is 2. The number of hydrogen-bond acceptors (Lipinski definition) is 4. The van der Waals surface area contributed by atoms with Gasteiger partial charge in [0, 0.05) is 17.0 Å². The molecule has 1 aliphatic heterocycles. The molecule has 3 aromatic rings. The van der Waals surface area contributed by atoms with Gasteiger partial charge in [0.25, 0.3) is 0 Å². The molecule has 7 heteroatoms. The fourth-order valence-corrected chi connectivity index (χ4v) is 3.64. The predicted molar refractivity (Wildman–Crippen MR) is 115 cm³/mol. The van der Waals surface area contributed by atoms with Crippen molar-refractivity contribution in [2.45, 2.75) is 26.3 Å². The Morgan fingerprint density at radius 3 is 2.57 bits per heavy atom. The summed E-state index contributed by atoms with van der Waals surface area (Å²) >= 11 is 6.44. The fraction of sp³-hybridized carbons (Fsp3) is 0.217. The van der Waals surface area contributed by atoms with Gasteiger partial charge in [0.1, 0.15) is 5.82 Å². The minimum atomic E-state index is -1.04. The van der Waals surface area contributed by atoms with E-state index in [-0.39, 0.29) is 24.9 Å². The van der Waals surface area contributed by atoms with E-state index in [1.54, 1.807) is 22.8 Å². The van der Waals surface area contributed by atoms with E-state index in [9.17, 15) is 9.90 Å². The molecule has 0 radical (unpaired) electrons. The first-order chi connectivity index (χ1) is 14.4. The van der Waals surface area contributed by atoms with Crippen molar-refractivity contribution in [3.63, 3.8) is 0 Å². The van der Waals surface area contributed by atoms with Crippen LogP contribution in [0.15, 0.2) is 42.5 Å². The topological polar surface area (TPSA) is 73.6 Å². The van der Waals surface area contributed by atoms with E-state index in [0.717, 1.165) is 11.1 Å². The Kier molecular flexibility index (Phi) is 5.50. The van der Waals surface area contributed by atoms with E-state index in [4.69, 9.17) is 21.1 Å². The highest BCUT2D eigenvalue weighted by molar-refractivity contribution is 6.31. The number of carbonyl (C=O) groups is 1. The summed E-state index contributed by atoms with van der Waals surface area (Å²) < 4.78 is 12.5. The third kappa shape index (κ3) is 3.91. The molecule has 0 spiro atoms. The third-order valence-corrected chi connectivity index (χ3v) is 5.20. The van der Waals surface area contributed by atoms with Crippen LogP contribution in [0.2, 0.25) is 5.02 Å². The van der Waals surface area contributed by atoms with Crippen LogP contribution in [0.1, 0.15) is 52.9 Å². The van der Waals surface area contributed by atoms with E-state index in [1.165, 1.54) is 0 Å². The van der Waals surface area contributed by atoms with E-state index in [0.29, 0.717) is 28.0 Å². The van der Waals surface area contributed by atoms with Crippen molar-refractivity contribution in [2.75, 3.05) is 6.79 Å². The van der Waals surface area contributed by atoms with Crippen LogP contribution in [0.4, 0.5) is 0 Å². The van der Waals surface area contributed by atoms with Crippen LogP contribution in [0.3, 0.4) is 0 Å². The number of carboxylic acids is 1. The molecule has 0 saturated carbocycles. The van der Waals surface area contributed by atoms with Crippen LogP contribution >= 0.6 is 11.6 Å². The molecule has 30 heavy (non-hydrogen) atoms. The largest absolute Gasteiger partial charge is 0.477 e. The van der Waals surface area contributed by atoms with Gasteiger partial charge in [0.15, 0.2) is 17.2 Å². The molecule has 2 heterocycles. The van der Waals surface area contributed by atoms with Crippen molar-refractivity contribution in [1.29, 1.82) is 0 Å². The number of rotatable bonds is 6. The second-order valence-corrected chi connectivity index (χ2v) is 7.70. The second-order valence-electron chi connectivity index (χ2n) is 7.29. The van der Waals surface area contributed by atoms with Crippen molar-refractivity contribution >= 4 is 29.7 Å². The second kappa shape index (κ2) is 8.24. The van der Waals surface area contributed by atoms with Crippen LogP contribution in [0.25, 0.3) is 12.2 Å². The number of aromatic nitrogens is 2. The van der Waals surface area contributed by atoms with Crippen LogP contribution < -0.4 is 9.47 Å². The lowest BCUT2D eigenvalue weighted by Gasteiger charge is -2.14. The molecule has 1 aromatic heterocycles. The maximum atomic E-state index is 12.2. The van der Waals surface area contributed by atoms with Gasteiger partial charge in [-0.15, -0.1) is 0 Å². The summed E-state index contributed by atoms with van der Waals surface area (Å²) in [5, 5.41) is 10.5. The van der Waals surface area contributed by atoms with Crippen LogP contribution in [0, 0.1) is 0 Å². The Balaban J connectivity index is 1.78. The van der Waals surface area contributed by atoms with Crippen LogP contribution in [0.5, 0.6) is 11.5 Å². The Morgan fingerprint density at radius 2 is 1.90 bits per heavy atom. The molecule has 2 aromatic carbocycles. The predicted octanol–water partition coefficient (Wildman–Crippen LogP) is 5.31. The quantitative estimate of drug-likeness (QED) is 0.580. The van der Waals surface area contributed by atoms with E-state index in [1.807, 2.05) is 50.3 Å². The van der Waals surface area contributed by atoms with Crippen molar-refractivity contribution in [3.05, 3.63) is 75.8 Å². The van der Waals surface area contributed by atoms with Gasteiger partial charge < -0.3 is 19.1 Å². The molecule has 4 rings (SSSR count). The standard InChI is InChI=1S/C23H21ClN2O4/c1-14(2)22-25-18(9-8-15-6-4-3-5-7-15)21(23(27)28)26(22)12-16-10-19-20(11-17(16)24)30-13-29-19/h3-11,14H,12-13H2,1-2H3,(H,27,28). The molecule has 0 unspecified atom stereocenters. The molecule has 1 N–H and O–H groups in total. The maximum absolute atomic E-state index is 12.2. The Hall–Kier alpha value is -3.25. The van der Waals surface area contributed by atoms with Gasteiger partial charge in [-0.25, -0.2) is 9.78 Å². The Morgan fingerprint density at radius 1 is 1.20 bits per heavy atom. The molecule has 0 fully saturated rings. The summed E-state index contributed by atoms with van der Waals surface area (Å²) in [4.78, 5) is 16.8. The van der Waals surface area contributed by atoms with Gasteiger partial charge in [0.2, 0.25) is 6.79 Å². The first-order valence-electron chi connectivity index (χ1n) is 9.59. The molecule has 0 amide bonds. The number of aromatic carboxylic acids is 1. The summed E-state index contributed by atoms with van der Waals surface area (Å²) in [5.41, 5.74) is 2.24. The summed E-state index contributed by atoms with van der Waals surface area (Å²) in [5.74, 6) is 0.840. The maximum Gasteiger partial charge on any atom is 0.354 e. The molecule has 0 aliphatic carbocycles. The lowest BCUT2D eigenvalue weighted by Crippen LogP contribution is -2.14. The molecule has 0 bridgehead atoms. The fourth-order valence-electron chi connectivity index (χ4n) is 3.42. The van der Waals surface area contributed by atoms with Crippen LogP contribution in [-0.2, 0) is 6.54 Å². The third-order valence-electron chi connectivity index (χ3n) is 4.85. The van der Waals surface area contributed by atoms with Crippen molar-refractivity contribution < 1.29 is 19.4 Å². The van der Waals surface area contributed by atoms with Gasteiger partial charge in [0.05, 0.1) is 12.2 Å². The van der Waals surface area contributed by atoms with Gasteiger partial charge >= 0.3 is 5.97 Å². The normalized spacial score (nSPS) is 12.8. The minimum Gasteiger partial charge on any atom is -0.477 e. The highest BCUT2D eigenvalue weighted by Crippen LogP contribution is 2.37. The average Bonchev–Trinajstić information content (AvgIpc) is 3.31. The van der Waals surface area contributed by atoms with Crippen molar-refractivity contribution in [1.82, 2.24) is 9.55 Å². The summed E-state index contributed by atoms with van der Waals surface area (Å²) in [7, 11) is 0. The number of imidazole rings is 1. The Bertz CT molecular complexity index is 1120. The first kappa shape index (κ1) is 20.0. The average molecular weight is 425 g/mol. The monoisotopic (exact) mass is 424 g/mol. The van der Waals surface area contributed by atoms with Crippen molar-refractivity contribution in [2.24, 2.45) is 0 Å². The highest BCUT2D eigenvalue weighted by atomic mass is 35.5. The molecule has 1 aliphatic rings. The number of halogens is 1. The van der Waals surface area contributed by atoms with E-state index < -0.39 is 5.97 Å². The lowest BCUT2D eigenvalue weighted by molar-refractivity contribution is 0.0685. The van der Waals surface area contributed by atoms with Gasteiger partial charge in [-0.1, -0.05) is 61.9 Å². The van der Waals surface area contributed by atoms with Crippen molar-refractivity contribution in [3.8, 4) is 11.5 Å². The minimum absolute atomic E-state index is 0.0229. The first-order valence-corrected chi connectivity index (χ1v) is 9.96. The number of benzene rings is 2. The zero-order valence-corrected chi connectivity index (χ0v) is 17.4.